The van der Waals surface area contributed by atoms with Crippen molar-refractivity contribution in [3.8, 4) is 23.4 Å². The second kappa shape index (κ2) is 11.9. The number of likely N-dealkylation sites (tertiary alicyclic amines) is 1. The topological polar surface area (TPSA) is 132 Å². The van der Waals surface area contributed by atoms with Crippen molar-refractivity contribution in [2.45, 2.75) is 50.5 Å². The van der Waals surface area contributed by atoms with Crippen molar-refractivity contribution in [2.75, 3.05) is 33.9 Å². The minimum Gasteiger partial charge on any atom is -0.494 e. The summed E-state index contributed by atoms with van der Waals surface area (Å²) in [6.07, 6.45) is 2.99. The first-order valence-electron chi connectivity index (χ1n) is 15.3. The van der Waals surface area contributed by atoms with Crippen molar-refractivity contribution >= 4 is 17.0 Å². The van der Waals surface area contributed by atoms with Crippen LogP contribution in [0.2, 0.25) is 0 Å². The quantitative estimate of drug-likeness (QED) is 0.250. The van der Waals surface area contributed by atoms with E-state index < -0.39 is 11.8 Å². The van der Waals surface area contributed by atoms with Crippen LogP contribution < -0.4 is 14.2 Å². The number of hydrogen-bond acceptors (Lipinski definition) is 9. The van der Waals surface area contributed by atoms with Gasteiger partial charge in [0, 0.05) is 30.2 Å². The molecule has 0 radical (unpaired) electrons. The number of hydrogen-bond donors (Lipinski definition) is 1. The fourth-order valence-electron chi connectivity index (χ4n) is 6.89. The molecule has 0 bridgehead atoms. The Bertz CT molecular complexity index is 1870. The average Bonchev–Trinajstić information content (AvgIpc) is 3.69. The second-order valence-corrected chi connectivity index (χ2v) is 12.2. The number of rotatable bonds is 11. The normalized spacial score (nSPS) is 22.0. The number of carboxylic acid groups (broad SMARTS) is 1. The van der Waals surface area contributed by atoms with E-state index in [2.05, 4.69) is 15.5 Å². The van der Waals surface area contributed by atoms with E-state index in [1.165, 1.54) is 26.4 Å². The smallest absolute Gasteiger partial charge is 0.335 e. The molecule has 3 aliphatic rings. The molecule has 4 aromatic rings. The van der Waals surface area contributed by atoms with Gasteiger partial charge in [0.1, 0.15) is 29.8 Å². The summed E-state index contributed by atoms with van der Waals surface area (Å²) in [5.74, 6) is 0.476. The molecule has 2 saturated heterocycles. The van der Waals surface area contributed by atoms with Crippen LogP contribution in [0.15, 0.2) is 42.5 Å². The van der Waals surface area contributed by atoms with E-state index in [1.807, 2.05) is 12.1 Å². The van der Waals surface area contributed by atoms with Gasteiger partial charge in [-0.25, -0.2) is 19.2 Å². The summed E-state index contributed by atoms with van der Waals surface area (Å²) in [6, 6.07) is 13.8. The van der Waals surface area contributed by atoms with Gasteiger partial charge in [0.2, 0.25) is 5.88 Å². The fourth-order valence-corrected chi connectivity index (χ4v) is 6.89. The molecule has 12 heteroatoms. The van der Waals surface area contributed by atoms with Crippen LogP contribution in [0.5, 0.6) is 17.4 Å². The summed E-state index contributed by atoms with van der Waals surface area (Å²) in [5, 5.41) is 18.8. The Labute approximate surface area is 265 Å². The number of ether oxygens (including phenoxy) is 4. The molecule has 0 spiro atoms. The van der Waals surface area contributed by atoms with Gasteiger partial charge in [-0.3, -0.25) is 4.90 Å². The molecule has 238 valence electrons. The molecule has 1 N–H and O–H groups in total. The standard InChI is InChI=1S/C34H34FN5O6/c1-43-26-13-22(33(41)42)12-25-31(26)38-28(40(25)17-24-8-11-45-24)18-39-10-9-34(14-23(34)16-39)27-4-3-5-29(37-27)46-19-21-7-6-20(15-36)30(35)32(21)44-2/h3-7,12-13,23-24H,8-11,14,16-19H2,1-2H3,(H,41,42). The maximum Gasteiger partial charge on any atom is 0.335 e. The van der Waals surface area contributed by atoms with E-state index in [4.69, 9.17) is 34.2 Å². The zero-order valence-corrected chi connectivity index (χ0v) is 25.7. The number of halogens is 1. The largest absolute Gasteiger partial charge is 0.494 e. The van der Waals surface area contributed by atoms with Gasteiger partial charge in [0.05, 0.1) is 55.8 Å². The van der Waals surface area contributed by atoms with Gasteiger partial charge in [0.15, 0.2) is 11.6 Å². The number of nitrogens with zero attached hydrogens (tertiary/aromatic N) is 5. The molecule has 2 aliphatic heterocycles. The molecule has 3 fully saturated rings. The van der Waals surface area contributed by atoms with Crippen LogP contribution in [-0.4, -0.2) is 70.5 Å². The van der Waals surface area contributed by atoms with Crippen molar-refractivity contribution in [3.05, 3.63) is 76.5 Å². The lowest BCUT2D eigenvalue weighted by atomic mass is 9.91. The van der Waals surface area contributed by atoms with Crippen molar-refractivity contribution in [1.29, 1.82) is 5.26 Å². The number of carboxylic acids is 1. The Morgan fingerprint density at radius 3 is 2.76 bits per heavy atom. The van der Waals surface area contributed by atoms with Crippen LogP contribution in [0.3, 0.4) is 0 Å². The molecule has 4 heterocycles. The van der Waals surface area contributed by atoms with E-state index in [1.54, 1.807) is 18.2 Å². The van der Waals surface area contributed by atoms with Gasteiger partial charge in [-0.15, -0.1) is 0 Å². The maximum atomic E-state index is 14.6. The number of imidazole rings is 1. The fraction of sp³-hybridized carbons (Fsp3) is 0.412. The summed E-state index contributed by atoms with van der Waals surface area (Å²) in [4.78, 5) is 24.1. The van der Waals surface area contributed by atoms with Crippen LogP contribution >= 0.6 is 0 Å². The number of fused-ring (bicyclic) bond motifs is 2. The average molecular weight is 628 g/mol. The minimum atomic E-state index is -1.01. The number of pyridine rings is 1. The summed E-state index contributed by atoms with van der Waals surface area (Å²) < 4.78 is 39.1. The van der Waals surface area contributed by atoms with Gasteiger partial charge in [-0.2, -0.15) is 5.26 Å². The highest BCUT2D eigenvalue weighted by molar-refractivity contribution is 5.95. The van der Waals surface area contributed by atoms with Crippen LogP contribution in [0.1, 0.15) is 52.3 Å². The SMILES string of the molecule is COc1c(COc2cccc(C34CCN(Cc5nc6c(OC)cc(C(=O)O)cc6n5CC5CCO5)CC3C4)n2)ccc(C#N)c1F. The number of nitriles is 1. The third-order valence-corrected chi connectivity index (χ3v) is 9.61. The van der Waals surface area contributed by atoms with E-state index in [0.717, 1.165) is 56.0 Å². The molecule has 3 unspecified atom stereocenters. The number of carbonyl (C=O) groups is 1. The predicted molar refractivity (Wildman–Crippen MR) is 164 cm³/mol. The van der Waals surface area contributed by atoms with E-state index in [0.29, 0.717) is 41.7 Å². The molecular formula is C34H34FN5O6. The third kappa shape index (κ3) is 5.29. The first kappa shape index (κ1) is 30.0. The Kier molecular flexibility index (Phi) is 7.74. The Balaban J connectivity index is 1.06. The Hall–Kier alpha value is -4.73. The number of piperidine rings is 1. The van der Waals surface area contributed by atoms with Gasteiger partial charge < -0.3 is 28.6 Å². The maximum absolute atomic E-state index is 14.6. The molecule has 11 nitrogen and oxygen atoms in total. The molecule has 2 aromatic heterocycles. The van der Waals surface area contributed by atoms with Crippen LogP contribution in [0, 0.1) is 23.1 Å². The molecule has 2 aromatic carbocycles. The lowest BCUT2D eigenvalue weighted by Gasteiger charge is -2.32. The zero-order valence-electron chi connectivity index (χ0n) is 25.7. The third-order valence-electron chi connectivity index (χ3n) is 9.61. The van der Waals surface area contributed by atoms with Crippen molar-refractivity contribution in [3.63, 3.8) is 0 Å². The first-order valence-corrected chi connectivity index (χ1v) is 15.3. The van der Waals surface area contributed by atoms with E-state index >= 15 is 0 Å². The highest BCUT2D eigenvalue weighted by Crippen LogP contribution is 2.59. The van der Waals surface area contributed by atoms with Crippen LogP contribution in [0.25, 0.3) is 11.0 Å². The molecule has 3 atom stereocenters. The number of methoxy groups -OCH3 is 2. The Morgan fingerprint density at radius 2 is 2.07 bits per heavy atom. The molecule has 1 aliphatic carbocycles. The van der Waals surface area contributed by atoms with Gasteiger partial charge >= 0.3 is 5.97 Å². The minimum absolute atomic E-state index is 0.00191. The predicted octanol–water partition coefficient (Wildman–Crippen LogP) is 4.69. The lowest BCUT2D eigenvalue weighted by molar-refractivity contribution is -0.0592. The number of benzene rings is 2. The summed E-state index contributed by atoms with van der Waals surface area (Å²) in [7, 11) is 2.90. The monoisotopic (exact) mass is 627 g/mol. The van der Waals surface area contributed by atoms with Gasteiger partial charge in [0.25, 0.3) is 0 Å². The van der Waals surface area contributed by atoms with E-state index in [9.17, 15) is 14.3 Å². The number of aromatic carboxylic acids is 1. The molecule has 46 heavy (non-hydrogen) atoms. The zero-order chi connectivity index (χ0) is 32.0. The van der Waals surface area contributed by atoms with Crippen molar-refractivity contribution in [1.82, 2.24) is 19.4 Å². The van der Waals surface area contributed by atoms with Crippen molar-refractivity contribution in [2.24, 2.45) is 5.92 Å². The first-order chi connectivity index (χ1) is 22.3. The number of aromatic nitrogens is 3. The molecule has 0 amide bonds. The summed E-state index contributed by atoms with van der Waals surface area (Å²) in [6.45, 7) is 3.75. The van der Waals surface area contributed by atoms with Gasteiger partial charge in [-0.1, -0.05) is 12.1 Å². The summed E-state index contributed by atoms with van der Waals surface area (Å²) in [5.41, 5.74) is 2.94. The van der Waals surface area contributed by atoms with Crippen LogP contribution in [0.4, 0.5) is 4.39 Å². The highest BCUT2D eigenvalue weighted by atomic mass is 19.1. The van der Waals surface area contributed by atoms with E-state index in [-0.39, 0.29) is 35.0 Å². The highest BCUT2D eigenvalue weighted by Gasteiger charge is 2.58. The lowest BCUT2D eigenvalue weighted by Crippen LogP contribution is -2.37. The summed E-state index contributed by atoms with van der Waals surface area (Å²) >= 11 is 0. The second-order valence-electron chi connectivity index (χ2n) is 12.2. The van der Waals surface area contributed by atoms with Gasteiger partial charge in [-0.05, 0) is 56.0 Å². The molecule has 7 rings (SSSR count). The van der Waals surface area contributed by atoms with Crippen molar-refractivity contribution < 1.29 is 33.2 Å². The molecule has 1 saturated carbocycles. The molecular weight excluding hydrogens is 593 g/mol. The Morgan fingerprint density at radius 1 is 1.22 bits per heavy atom. The van der Waals surface area contributed by atoms with Crippen LogP contribution in [-0.2, 0) is 29.8 Å².